The highest BCUT2D eigenvalue weighted by Gasteiger charge is 2.57. The Morgan fingerprint density at radius 3 is 3.15 bits per heavy atom. The van der Waals surface area contributed by atoms with Gasteiger partial charge in [-0.1, -0.05) is 0 Å². The van der Waals surface area contributed by atoms with Gasteiger partial charge in [0.2, 0.25) is 0 Å². The van der Waals surface area contributed by atoms with Crippen LogP contribution < -0.4 is 10.5 Å². The van der Waals surface area contributed by atoms with Gasteiger partial charge in [0.05, 0.1) is 11.6 Å². The largest absolute Gasteiger partial charge is 0.485 e. The van der Waals surface area contributed by atoms with Crippen LogP contribution in [0.2, 0.25) is 0 Å². The summed E-state index contributed by atoms with van der Waals surface area (Å²) >= 11 is 0. The predicted octanol–water partition coefficient (Wildman–Crippen LogP) is 1.05. The number of fused-ring (bicyclic) bond motifs is 1. The molecule has 3 heteroatoms. The van der Waals surface area contributed by atoms with Crippen LogP contribution >= 0.6 is 0 Å². The minimum atomic E-state index is 0.0332. The molecule has 2 N–H and O–H groups in total. The maximum absolute atomic E-state index is 5.87. The van der Waals surface area contributed by atoms with Crippen molar-refractivity contribution in [2.45, 2.75) is 24.4 Å². The fraction of sp³-hybridized carbons (Fsp3) is 0.500. The Bertz CT molecular complexity index is 347. The number of pyridine rings is 1. The highest BCUT2D eigenvalue weighted by molar-refractivity contribution is 5.41. The number of hydrogen-bond donors (Lipinski definition) is 1. The number of aromatic nitrogens is 1. The van der Waals surface area contributed by atoms with Crippen molar-refractivity contribution in [3.63, 3.8) is 0 Å². The normalized spacial score (nSPS) is 27.0. The Morgan fingerprint density at radius 1 is 1.62 bits per heavy atom. The van der Waals surface area contributed by atoms with Crippen LogP contribution in [0.25, 0.3) is 0 Å². The molecule has 0 amide bonds. The van der Waals surface area contributed by atoms with Crippen LogP contribution in [0, 0.1) is 0 Å². The Labute approximate surface area is 76.9 Å². The van der Waals surface area contributed by atoms with E-state index >= 15 is 0 Å². The van der Waals surface area contributed by atoms with Gasteiger partial charge in [-0.3, -0.25) is 4.98 Å². The van der Waals surface area contributed by atoms with Crippen molar-refractivity contribution in [3.8, 4) is 5.75 Å². The summed E-state index contributed by atoms with van der Waals surface area (Å²) in [6, 6.07) is 3.89. The first-order valence-electron chi connectivity index (χ1n) is 4.70. The Hall–Kier alpha value is -1.09. The van der Waals surface area contributed by atoms with Crippen molar-refractivity contribution < 1.29 is 4.74 Å². The van der Waals surface area contributed by atoms with Gasteiger partial charge in [-0.2, -0.15) is 0 Å². The first-order valence-corrected chi connectivity index (χ1v) is 4.70. The molecule has 1 aliphatic heterocycles. The molecule has 1 spiro atoms. The maximum Gasteiger partial charge on any atom is 0.142 e. The van der Waals surface area contributed by atoms with Gasteiger partial charge in [0, 0.05) is 12.7 Å². The van der Waals surface area contributed by atoms with E-state index in [-0.39, 0.29) is 5.60 Å². The third-order valence-electron chi connectivity index (χ3n) is 3.06. The number of hydrogen-bond acceptors (Lipinski definition) is 3. The minimum Gasteiger partial charge on any atom is -0.485 e. The lowest BCUT2D eigenvalue weighted by Gasteiger charge is -2.14. The van der Waals surface area contributed by atoms with Crippen LogP contribution in [-0.4, -0.2) is 17.1 Å². The Morgan fingerprint density at radius 2 is 2.46 bits per heavy atom. The van der Waals surface area contributed by atoms with Gasteiger partial charge in [-0.25, -0.2) is 0 Å². The van der Waals surface area contributed by atoms with Crippen LogP contribution in [0.3, 0.4) is 0 Å². The zero-order chi connectivity index (χ0) is 8.89. The summed E-state index contributed by atoms with van der Waals surface area (Å²) in [6.45, 7) is 0.643. The van der Waals surface area contributed by atoms with Gasteiger partial charge in [0.15, 0.2) is 0 Å². The zero-order valence-electron chi connectivity index (χ0n) is 7.36. The number of ether oxygens (including phenoxy) is 1. The molecule has 1 atom stereocenters. The summed E-state index contributed by atoms with van der Waals surface area (Å²) in [5.74, 6) is 1.26. The third-order valence-corrected chi connectivity index (χ3v) is 3.06. The van der Waals surface area contributed by atoms with E-state index in [1.165, 1.54) is 0 Å². The number of nitrogens with two attached hydrogens (primary N) is 1. The summed E-state index contributed by atoms with van der Waals surface area (Å²) in [4.78, 5) is 4.34. The lowest BCUT2D eigenvalue weighted by atomic mass is 9.98. The topological polar surface area (TPSA) is 48.1 Å². The summed E-state index contributed by atoms with van der Waals surface area (Å²) in [5, 5.41) is 0. The molecule has 2 aliphatic rings. The molecular formula is C10H12N2O. The van der Waals surface area contributed by atoms with E-state index in [9.17, 15) is 0 Å². The molecule has 1 saturated carbocycles. The molecule has 1 aliphatic carbocycles. The van der Waals surface area contributed by atoms with E-state index in [1.807, 2.05) is 18.3 Å². The molecule has 0 aromatic carbocycles. The van der Waals surface area contributed by atoms with Gasteiger partial charge in [-0.05, 0) is 25.0 Å². The fourth-order valence-electron chi connectivity index (χ4n) is 2.19. The van der Waals surface area contributed by atoms with Crippen molar-refractivity contribution in [2.24, 2.45) is 5.73 Å². The Balaban J connectivity index is 2.09. The van der Waals surface area contributed by atoms with Crippen molar-refractivity contribution in [2.75, 3.05) is 6.54 Å². The summed E-state index contributed by atoms with van der Waals surface area (Å²) in [6.07, 6.45) is 4.07. The van der Waals surface area contributed by atoms with Crippen LogP contribution in [0.4, 0.5) is 0 Å². The van der Waals surface area contributed by atoms with Crippen molar-refractivity contribution in [3.05, 3.63) is 24.0 Å². The molecule has 1 aromatic heterocycles. The molecular weight excluding hydrogens is 164 g/mol. The molecule has 0 radical (unpaired) electrons. The van der Waals surface area contributed by atoms with E-state index in [1.54, 1.807) is 0 Å². The molecule has 13 heavy (non-hydrogen) atoms. The molecule has 1 fully saturated rings. The smallest absolute Gasteiger partial charge is 0.142 e. The molecule has 0 saturated heterocycles. The SMILES string of the molecule is NCC1c2ncccc2OC12CC2. The van der Waals surface area contributed by atoms with Crippen LogP contribution in [0.5, 0.6) is 5.75 Å². The molecule has 1 aromatic rings. The number of rotatable bonds is 1. The van der Waals surface area contributed by atoms with E-state index < -0.39 is 0 Å². The highest BCUT2D eigenvalue weighted by Crippen LogP contribution is 2.56. The van der Waals surface area contributed by atoms with Crippen LogP contribution in [0.1, 0.15) is 24.5 Å². The molecule has 3 nitrogen and oxygen atoms in total. The summed E-state index contributed by atoms with van der Waals surface area (Å²) in [5.41, 5.74) is 6.84. The summed E-state index contributed by atoms with van der Waals surface area (Å²) in [7, 11) is 0. The quantitative estimate of drug-likeness (QED) is 0.695. The minimum absolute atomic E-state index is 0.0332. The second-order valence-electron chi connectivity index (χ2n) is 3.84. The Kier molecular flexibility index (Phi) is 1.26. The van der Waals surface area contributed by atoms with Crippen molar-refractivity contribution in [1.29, 1.82) is 0 Å². The van der Waals surface area contributed by atoms with E-state index in [4.69, 9.17) is 10.5 Å². The van der Waals surface area contributed by atoms with Crippen molar-refractivity contribution in [1.82, 2.24) is 4.98 Å². The molecule has 1 unspecified atom stereocenters. The first kappa shape index (κ1) is 7.33. The van der Waals surface area contributed by atoms with Gasteiger partial charge in [0.1, 0.15) is 11.4 Å². The zero-order valence-corrected chi connectivity index (χ0v) is 7.36. The second kappa shape index (κ2) is 2.23. The second-order valence-corrected chi connectivity index (χ2v) is 3.84. The van der Waals surface area contributed by atoms with Crippen LogP contribution in [0.15, 0.2) is 18.3 Å². The number of nitrogens with zero attached hydrogens (tertiary/aromatic N) is 1. The van der Waals surface area contributed by atoms with Crippen molar-refractivity contribution >= 4 is 0 Å². The first-order chi connectivity index (χ1) is 6.36. The van der Waals surface area contributed by atoms with Crippen LogP contribution in [-0.2, 0) is 0 Å². The third kappa shape index (κ3) is 0.851. The molecule has 68 valence electrons. The monoisotopic (exact) mass is 176 g/mol. The standard InChI is InChI=1S/C10H12N2O/c11-6-7-9-8(2-1-5-12-9)13-10(7)3-4-10/h1-2,5,7H,3-4,6,11H2. The van der Waals surface area contributed by atoms with E-state index in [2.05, 4.69) is 4.98 Å². The van der Waals surface area contributed by atoms with E-state index in [0.29, 0.717) is 12.5 Å². The molecule has 2 heterocycles. The fourth-order valence-corrected chi connectivity index (χ4v) is 2.19. The highest BCUT2D eigenvalue weighted by atomic mass is 16.5. The average Bonchev–Trinajstić information content (AvgIpc) is 2.83. The van der Waals surface area contributed by atoms with Gasteiger partial charge >= 0.3 is 0 Å². The predicted molar refractivity (Wildman–Crippen MR) is 48.6 cm³/mol. The lowest BCUT2D eigenvalue weighted by molar-refractivity contribution is 0.184. The molecule has 0 bridgehead atoms. The van der Waals surface area contributed by atoms with Gasteiger partial charge in [-0.15, -0.1) is 0 Å². The van der Waals surface area contributed by atoms with E-state index in [0.717, 1.165) is 24.3 Å². The van der Waals surface area contributed by atoms with Gasteiger partial charge < -0.3 is 10.5 Å². The van der Waals surface area contributed by atoms with Gasteiger partial charge in [0.25, 0.3) is 0 Å². The summed E-state index contributed by atoms with van der Waals surface area (Å²) < 4.78 is 5.87. The average molecular weight is 176 g/mol. The maximum atomic E-state index is 5.87. The lowest BCUT2D eigenvalue weighted by Crippen LogP contribution is -2.27. The molecule has 3 rings (SSSR count).